The number of hydrogen-bond donors (Lipinski definition) is 3. The molecule has 6 nitrogen and oxygen atoms in total. The zero-order valence-electron chi connectivity index (χ0n) is 11.3. The van der Waals surface area contributed by atoms with Gasteiger partial charge in [0.05, 0.1) is 18.6 Å². The number of nitrogens with one attached hydrogen (secondary N) is 1. The summed E-state index contributed by atoms with van der Waals surface area (Å²) in [6, 6.07) is 4.46. The maximum Gasteiger partial charge on any atom is 0.308 e. The molecule has 1 aliphatic rings. The van der Waals surface area contributed by atoms with Crippen molar-refractivity contribution >= 4 is 17.6 Å². The Hall–Kier alpha value is -2.24. The van der Waals surface area contributed by atoms with Crippen molar-refractivity contribution in [2.75, 3.05) is 12.8 Å². The van der Waals surface area contributed by atoms with Crippen LogP contribution in [0.3, 0.4) is 0 Å². The molecule has 108 valence electrons. The van der Waals surface area contributed by atoms with E-state index in [0.717, 1.165) is 6.42 Å². The molecule has 1 amide bonds. The molecule has 4 N–H and O–H groups in total. The first-order valence-corrected chi connectivity index (χ1v) is 6.50. The second-order valence-electron chi connectivity index (χ2n) is 4.91. The van der Waals surface area contributed by atoms with Gasteiger partial charge in [-0.25, -0.2) is 0 Å². The number of aliphatic carboxylic acids is 1. The SMILES string of the molecule is COc1ccc(C(=O)NC2CCCC2C(=O)O)c(N)c1. The van der Waals surface area contributed by atoms with Gasteiger partial charge in [-0.2, -0.15) is 0 Å². The van der Waals surface area contributed by atoms with E-state index >= 15 is 0 Å². The van der Waals surface area contributed by atoms with E-state index in [1.807, 2.05) is 0 Å². The molecule has 0 spiro atoms. The second kappa shape index (κ2) is 5.81. The molecule has 20 heavy (non-hydrogen) atoms. The van der Waals surface area contributed by atoms with E-state index in [2.05, 4.69) is 5.32 Å². The summed E-state index contributed by atoms with van der Waals surface area (Å²) >= 11 is 0. The van der Waals surface area contributed by atoms with Gasteiger partial charge in [-0.3, -0.25) is 9.59 Å². The third-order valence-corrected chi connectivity index (χ3v) is 3.65. The topological polar surface area (TPSA) is 102 Å². The van der Waals surface area contributed by atoms with Crippen LogP contribution in [-0.2, 0) is 4.79 Å². The van der Waals surface area contributed by atoms with Crippen LogP contribution in [0.5, 0.6) is 5.75 Å². The lowest BCUT2D eigenvalue weighted by molar-refractivity contribution is -0.142. The second-order valence-corrected chi connectivity index (χ2v) is 4.91. The van der Waals surface area contributed by atoms with Gasteiger partial charge in [-0.1, -0.05) is 6.42 Å². The van der Waals surface area contributed by atoms with E-state index in [-0.39, 0.29) is 11.9 Å². The summed E-state index contributed by atoms with van der Waals surface area (Å²) in [5, 5.41) is 11.9. The van der Waals surface area contributed by atoms with Crippen molar-refractivity contribution in [2.45, 2.75) is 25.3 Å². The van der Waals surface area contributed by atoms with Crippen molar-refractivity contribution in [1.29, 1.82) is 0 Å². The highest BCUT2D eigenvalue weighted by Gasteiger charge is 2.34. The largest absolute Gasteiger partial charge is 0.497 e. The summed E-state index contributed by atoms with van der Waals surface area (Å²) in [7, 11) is 1.52. The predicted molar refractivity (Wildman–Crippen MR) is 73.6 cm³/mol. The fraction of sp³-hybridized carbons (Fsp3) is 0.429. The summed E-state index contributed by atoms with van der Waals surface area (Å²) in [4.78, 5) is 23.3. The number of methoxy groups -OCH3 is 1. The Labute approximate surface area is 116 Å². The molecule has 2 unspecified atom stereocenters. The number of carboxylic acid groups (broad SMARTS) is 1. The van der Waals surface area contributed by atoms with Gasteiger partial charge < -0.3 is 20.9 Å². The Bertz CT molecular complexity index is 530. The van der Waals surface area contributed by atoms with E-state index < -0.39 is 11.9 Å². The van der Waals surface area contributed by atoms with Gasteiger partial charge in [0.15, 0.2) is 0 Å². The highest BCUT2D eigenvalue weighted by molar-refractivity contribution is 5.99. The average molecular weight is 278 g/mol. The highest BCUT2D eigenvalue weighted by atomic mass is 16.5. The standard InChI is InChI=1S/C14H18N2O4/c1-20-8-5-6-9(11(15)7-8)13(17)16-12-4-2-3-10(12)14(18)19/h5-7,10,12H,2-4,15H2,1H3,(H,16,17)(H,18,19). The first-order valence-electron chi connectivity index (χ1n) is 6.50. The van der Waals surface area contributed by atoms with Crippen molar-refractivity contribution in [3.8, 4) is 5.75 Å². The van der Waals surface area contributed by atoms with Crippen molar-refractivity contribution in [2.24, 2.45) is 5.92 Å². The average Bonchev–Trinajstić information content (AvgIpc) is 2.86. The van der Waals surface area contributed by atoms with Gasteiger partial charge in [-0.05, 0) is 25.0 Å². The lowest BCUT2D eigenvalue weighted by atomic mass is 10.0. The van der Waals surface area contributed by atoms with Crippen LogP contribution in [0.25, 0.3) is 0 Å². The summed E-state index contributed by atoms with van der Waals surface area (Å²) in [6.07, 6.45) is 2.08. The zero-order chi connectivity index (χ0) is 14.7. The van der Waals surface area contributed by atoms with Gasteiger partial charge in [0, 0.05) is 17.8 Å². The van der Waals surface area contributed by atoms with Crippen LogP contribution in [-0.4, -0.2) is 30.1 Å². The highest BCUT2D eigenvalue weighted by Crippen LogP contribution is 2.27. The zero-order valence-corrected chi connectivity index (χ0v) is 11.3. The normalized spacial score (nSPS) is 21.4. The molecular weight excluding hydrogens is 260 g/mol. The number of carbonyl (C=O) groups excluding carboxylic acids is 1. The van der Waals surface area contributed by atoms with Gasteiger partial charge in [0.25, 0.3) is 5.91 Å². The minimum Gasteiger partial charge on any atom is -0.497 e. The number of ether oxygens (including phenoxy) is 1. The number of amides is 1. The van der Waals surface area contributed by atoms with Crippen LogP contribution in [0.15, 0.2) is 18.2 Å². The number of carboxylic acids is 1. The molecule has 0 heterocycles. The summed E-state index contributed by atoms with van der Waals surface area (Å²) in [6.45, 7) is 0. The summed E-state index contributed by atoms with van der Waals surface area (Å²) in [5.41, 5.74) is 6.46. The number of anilines is 1. The Morgan fingerprint density at radius 1 is 1.40 bits per heavy atom. The number of hydrogen-bond acceptors (Lipinski definition) is 4. The molecule has 0 aromatic heterocycles. The fourth-order valence-corrected chi connectivity index (χ4v) is 2.55. The van der Waals surface area contributed by atoms with Crippen molar-refractivity contribution < 1.29 is 19.4 Å². The molecule has 0 saturated heterocycles. The third kappa shape index (κ3) is 2.84. The maximum atomic E-state index is 12.2. The molecule has 0 radical (unpaired) electrons. The van der Waals surface area contributed by atoms with Gasteiger partial charge >= 0.3 is 5.97 Å². The molecule has 6 heteroatoms. The third-order valence-electron chi connectivity index (χ3n) is 3.65. The molecule has 0 bridgehead atoms. The molecular formula is C14H18N2O4. The van der Waals surface area contributed by atoms with Crippen LogP contribution < -0.4 is 15.8 Å². The summed E-state index contributed by atoms with van der Waals surface area (Å²) in [5.74, 6) is -1.15. The molecule has 1 saturated carbocycles. The molecule has 1 aliphatic carbocycles. The molecule has 1 aromatic rings. The van der Waals surface area contributed by atoms with E-state index in [4.69, 9.17) is 15.6 Å². The Balaban J connectivity index is 2.10. The van der Waals surface area contributed by atoms with E-state index in [1.165, 1.54) is 7.11 Å². The Morgan fingerprint density at radius 3 is 2.75 bits per heavy atom. The quantitative estimate of drug-likeness (QED) is 0.720. The molecule has 1 aromatic carbocycles. The fourth-order valence-electron chi connectivity index (χ4n) is 2.55. The molecule has 2 rings (SSSR count). The number of nitrogen functional groups attached to an aromatic ring is 1. The van der Waals surface area contributed by atoms with Gasteiger partial charge in [0.2, 0.25) is 0 Å². The van der Waals surface area contributed by atoms with Crippen LogP contribution in [0, 0.1) is 5.92 Å². The lowest BCUT2D eigenvalue weighted by Gasteiger charge is -2.18. The van der Waals surface area contributed by atoms with Crippen molar-refractivity contribution in [1.82, 2.24) is 5.32 Å². The smallest absolute Gasteiger partial charge is 0.308 e. The van der Waals surface area contributed by atoms with Crippen molar-refractivity contribution in [3.63, 3.8) is 0 Å². The Morgan fingerprint density at radius 2 is 2.15 bits per heavy atom. The van der Waals surface area contributed by atoms with E-state index in [0.29, 0.717) is 29.8 Å². The number of carbonyl (C=O) groups is 2. The minimum absolute atomic E-state index is 0.312. The first-order chi connectivity index (χ1) is 9.52. The van der Waals surface area contributed by atoms with Crippen molar-refractivity contribution in [3.05, 3.63) is 23.8 Å². The number of nitrogens with two attached hydrogens (primary N) is 1. The van der Waals surface area contributed by atoms with Crippen LogP contribution >= 0.6 is 0 Å². The maximum absolute atomic E-state index is 12.2. The van der Waals surface area contributed by atoms with Gasteiger partial charge in [0.1, 0.15) is 5.75 Å². The summed E-state index contributed by atoms with van der Waals surface area (Å²) < 4.78 is 5.02. The minimum atomic E-state index is -0.865. The molecule has 1 fully saturated rings. The lowest BCUT2D eigenvalue weighted by Crippen LogP contribution is -2.40. The van der Waals surface area contributed by atoms with E-state index in [1.54, 1.807) is 18.2 Å². The predicted octanol–water partition coefficient (Wildman–Crippen LogP) is 1.26. The van der Waals surface area contributed by atoms with Crippen LogP contribution in [0.4, 0.5) is 5.69 Å². The number of rotatable bonds is 4. The molecule has 2 atom stereocenters. The number of benzene rings is 1. The van der Waals surface area contributed by atoms with Crippen LogP contribution in [0.1, 0.15) is 29.6 Å². The van der Waals surface area contributed by atoms with Gasteiger partial charge in [-0.15, -0.1) is 0 Å². The molecule has 0 aliphatic heterocycles. The first kappa shape index (κ1) is 14.2. The van der Waals surface area contributed by atoms with Crippen LogP contribution in [0.2, 0.25) is 0 Å². The Kier molecular flexibility index (Phi) is 4.12. The van der Waals surface area contributed by atoms with E-state index in [9.17, 15) is 9.59 Å². The monoisotopic (exact) mass is 278 g/mol.